The SMILES string of the molecule is CC(=O)ON1C(C)(C)CCC(CO[N+](=O)[O-])CC1(C)C. The van der Waals surface area contributed by atoms with E-state index in [0.29, 0.717) is 6.42 Å². The summed E-state index contributed by atoms with van der Waals surface area (Å²) in [4.78, 5) is 31.6. The molecule has 0 bridgehead atoms. The van der Waals surface area contributed by atoms with Crippen LogP contribution < -0.4 is 0 Å². The molecule has 1 aliphatic rings. The lowest BCUT2D eigenvalue weighted by Gasteiger charge is -2.44. The normalized spacial score (nSPS) is 25.6. The second-order valence-electron chi connectivity index (χ2n) is 6.63. The number of carbonyl (C=O) groups is 1. The summed E-state index contributed by atoms with van der Waals surface area (Å²) in [5.74, 6) is -0.290. The molecular weight excluding hydrogens is 264 g/mol. The monoisotopic (exact) mass is 288 g/mol. The maximum Gasteiger partial charge on any atom is 0.322 e. The summed E-state index contributed by atoms with van der Waals surface area (Å²) in [5.41, 5.74) is -0.727. The van der Waals surface area contributed by atoms with Gasteiger partial charge < -0.3 is 9.68 Å². The minimum absolute atomic E-state index is 0.0650. The van der Waals surface area contributed by atoms with E-state index in [0.717, 1.165) is 12.8 Å². The molecular formula is C13H24N2O5. The highest BCUT2D eigenvalue weighted by atomic mass is 16.9. The first kappa shape index (κ1) is 16.7. The van der Waals surface area contributed by atoms with Crippen molar-refractivity contribution in [3.63, 3.8) is 0 Å². The minimum atomic E-state index is -0.757. The van der Waals surface area contributed by atoms with Crippen LogP contribution in [0.3, 0.4) is 0 Å². The molecule has 0 radical (unpaired) electrons. The highest BCUT2D eigenvalue weighted by molar-refractivity contribution is 5.65. The molecule has 1 saturated heterocycles. The lowest BCUT2D eigenvalue weighted by molar-refractivity contribution is -0.759. The molecule has 0 aromatic heterocycles. The van der Waals surface area contributed by atoms with Crippen LogP contribution in [0.2, 0.25) is 0 Å². The third-order valence-electron chi connectivity index (χ3n) is 3.69. The Hall–Kier alpha value is -1.37. The first-order valence-electron chi connectivity index (χ1n) is 6.81. The molecule has 7 nitrogen and oxygen atoms in total. The van der Waals surface area contributed by atoms with Gasteiger partial charge in [-0.05, 0) is 52.9 Å². The largest absolute Gasteiger partial charge is 0.367 e. The number of nitrogens with zero attached hydrogens (tertiary/aromatic N) is 2. The molecule has 0 aromatic carbocycles. The van der Waals surface area contributed by atoms with Gasteiger partial charge in [-0.15, -0.1) is 15.2 Å². The summed E-state index contributed by atoms with van der Waals surface area (Å²) < 4.78 is 0. The van der Waals surface area contributed by atoms with Crippen LogP contribution in [0.25, 0.3) is 0 Å². The van der Waals surface area contributed by atoms with Crippen LogP contribution in [0, 0.1) is 16.0 Å². The van der Waals surface area contributed by atoms with Crippen LogP contribution in [-0.4, -0.2) is 33.8 Å². The fraction of sp³-hybridized carbons (Fsp3) is 0.923. The lowest BCUT2D eigenvalue weighted by atomic mass is 9.90. The summed E-state index contributed by atoms with van der Waals surface area (Å²) in [6.45, 7) is 9.43. The molecule has 0 spiro atoms. The number of rotatable bonds is 4. The Labute approximate surface area is 119 Å². The Balaban J connectivity index is 2.87. The van der Waals surface area contributed by atoms with E-state index < -0.39 is 10.6 Å². The van der Waals surface area contributed by atoms with Gasteiger partial charge in [0.2, 0.25) is 0 Å². The zero-order valence-electron chi connectivity index (χ0n) is 12.8. The molecule has 20 heavy (non-hydrogen) atoms. The third-order valence-corrected chi connectivity index (χ3v) is 3.69. The Morgan fingerprint density at radius 3 is 2.45 bits per heavy atom. The van der Waals surface area contributed by atoms with Crippen LogP contribution in [0.4, 0.5) is 0 Å². The summed E-state index contributed by atoms with van der Waals surface area (Å²) in [5, 5.41) is 11.3. The molecule has 0 N–H and O–H groups in total. The second-order valence-corrected chi connectivity index (χ2v) is 6.63. The van der Waals surface area contributed by atoms with Gasteiger partial charge in [0.1, 0.15) is 0 Å². The standard InChI is InChI=1S/C13H24N2O5/c1-10(16)20-14-12(2,3)7-6-11(8-13(14,4)5)9-19-15(17)18/h11H,6-9H2,1-5H3. The van der Waals surface area contributed by atoms with Crippen molar-refractivity contribution >= 4 is 5.97 Å². The van der Waals surface area contributed by atoms with Crippen molar-refractivity contribution in [1.82, 2.24) is 5.06 Å². The Kier molecular flexibility index (Phi) is 4.96. The van der Waals surface area contributed by atoms with Gasteiger partial charge in [0.25, 0.3) is 5.09 Å². The number of hydroxylamine groups is 2. The maximum absolute atomic E-state index is 11.3. The first-order chi connectivity index (χ1) is 9.04. The van der Waals surface area contributed by atoms with Crippen molar-refractivity contribution in [2.45, 2.75) is 65.0 Å². The van der Waals surface area contributed by atoms with Crippen molar-refractivity contribution in [2.24, 2.45) is 5.92 Å². The van der Waals surface area contributed by atoms with Crippen LogP contribution in [0.1, 0.15) is 53.9 Å². The van der Waals surface area contributed by atoms with E-state index in [2.05, 4.69) is 4.84 Å². The topological polar surface area (TPSA) is 81.9 Å². The zero-order chi connectivity index (χ0) is 15.6. The van der Waals surface area contributed by atoms with Crippen LogP contribution in [0.15, 0.2) is 0 Å². The molecule has 0 aromatic rings. The Bertz CT molecular complexity index is 381. The van der Waals surface area contributed by atoms with Gasteiger partial charge in [-0.3, -0.25) is 4.79 Å². The van der Waals surface area contributed by atoms with Crippen molar-refractivity contribution in [3.05, 3.63) is 10.1 Å². The highest BCUT2D eigenvalue weighted by Crippen LogP contribution is 2.39. The molecule has 1 fully saturated rings. The molecule has 0 aliphatic carbocycles. The fourth-order valence-corrected chi connectivity index (χ4v) is 3.05. The van der Waals surface area contributed by atoms with Crippen molar-refractivity contribution in [1.29, 1.82) is 0 Å². The fourth-order valence-electron chi connectivity index (χ4n) is 3.05. The summed E-state index contributed by atoms with van der Waals surface area (Å²) in [6.07, 6.45) is 2.23. The average molecular weight is 288 g/mol. The number of hydrogen-bond donors (Lipinski definition) is 0. The Morgan fingerprint density at radius 2 is 1.95 bits per heavy atom. The van der Waals surface area contributed by atoms with Gasteiger partial charge in [-0.1, -0.05) is 0 Å². The molecule has 1 heterocycles. The molecule has 1 unspecified atom stereocenters. The Morgan fingerprint density at radius 1 is 1.35 bits per heavy atom. The number of carbonyl (C=O) groups excluding carboxylic acids is 1. The quantitative estimate of drug-likeness (QED) is 0.583. The molecule has 1 aliphatic heterocycles. The maximum atomic E-state index is 11.3. The van der Waals surface area contributed by atoms with E-state index in [4.69, 9.17) is 4.84 Å². The third kappa shape index (κ3) is 4.33. The predicted molar refractivity (Wildman–Crippen MR) is 72.1 cm³/mol. The summed E-state index contributed by atoms with van der Waals surface area (Å²) in [7, 11) is 0. The summed E-state index contributed by atoms with van der Waals surface area (Å²) >= 11 is 0. The first-order valence-corrected chi connectivity index (χ1v) is 6.81. The molecule has 116 valence electrons. The van der Waals surface area contributed by atoms with Crippen molar-refractivity contribution in [3.8, 4) is 0 Å². The molecule has 7 heteroatoms. The predicted octanol–water partition coefficient (Wildman–Crippen LogP) is 2.33. The van der Waals surface area contributed by atoms with Crippen LogP contribution >= 0.6 is 0 Å². The van der Waals surface area contributed by atoms with E-state index in [1.54, 1.807) is 5.06 Å². The molecule has 0 amide bonds. The van der Waals surface area contributed by atoms with Gasteiger partial charge in [0.05, 0.1) is 17.7 Å². The molecule has 1 rings (SSSR count). The van der Waals surface area contributed by atoms with Gasteiger partial charge in [0, 0.05) is 6.92 Å². The van der Waals surface area contributed by atoms with Gasteiger partial charge in [0.15, 0.2) is 0 Å². The van der Waals surface area contributed by atoms with Crippen molar-refractivity contribution < 1.29 is 19.6 Å². The van der Waals surface area contributed by atoms with Gasteiger partial charge in [-0.2, -0.15) is 0 Å². The van der Waals surface area contributed by atoms with E-state index in [9.17, 15) is 14.9 Å². The van der Waals surface area contributed by atoms with Gasteiger partial charge >= 0.3 is 5.97 Å². The van der Waals surface area contributed by atoms with Crippen molar-refractivity contribution in [2.75, 3.05) is 6.61 Å². The van der Waals surface area contributed by atoms with Crippen LogP contribution in [-0.2, 0) is 14.5 Å². The second kappa shape index (κ2) is 5.95. The molecule has 0 saturated carbocycles. The zero-order valence-corrected chi connectivity index (χ0v) is 12.8. The van der Waals surface area contributed by atoms with E-state index in [1.165, 1.54) is 6.92 Å². The van der Waals surface area contributed by atoms with E-state index >= 15 is 0 Å². The highest BCUT2D eigenvalue weighted by Gasteiger charge is 2.44. The van der Waals surface area contributed by atoms with E-state index in [-0.39, 0.29) is 24.0 Å². The number of hydrogen-bond acceptors (Lipinski definition) is 6. The smallest absolute Gasteiger partial charge is 0.322 e. The average Bonchev–Trinajstić information content (AvgIpc) is 2.35. The van der Waals surface area contributed by atoms with E-state index in [1.807, 2.05) is 27.7 Å². The van der Waals surface area contributed by atoms with Crippen LogP contribution in [0.5, 0.6) is 0 Å². The summed E-state index contributed by atoms with van der Waals surface area (Å²) in [6, 6.07) is 0. The van der Waals surface area contributed by atoms with Gasteiger partial charge in [-0.25, -0.2) is 0 Å². The minimum Gasteiger partial charge on any atom is -0.367 e. The lowest BCUT2D eigenvalue weighted by Crippen LogP contribution is -2.55. The molecule has 1 atom stereocenters.